The largest absolute Gasteiger partial charge is 0.416 e. The number of amides is 3. The smallest absolute Gasteiger partial charge is 0.368 e. The Balaban J connectivity index is 1.48. The summed E-state index contributed by atoms with van der Waals surface area (Å²) in [5.74, 6) is -0.129. The van der Waals surface area contributed by atoms with Crippen molar-refractivity contribution in [1.29, 1.82) is 0 Å². The maximum atomic E-state index is 13.0. The summed E-state index contributed by atoms with van der Waals surface area (Å²) in [6, 6.07) is 12.1. The van der Waals surface area contributed by atoms with Gasteiger partial charge in [0.1, 0.15) is 0 Å². The Labute approximate surface area is 214 Å². The number of anilines is 3. The molecule has 2 aromatic carbocycles. The number of alkyl halides is 3. The average Bonchev–Trinajstić information content (AvgIpc) is 3.17. The van der Waals surface area contributed by atoms with E-state index in [1.165, 1.54) is 18.3 Å². The molecule has 0 unspecified atom stereocenters. The van der Waals surface area contributed by atoms with Crippen molar-refractivity contribution in [2.24, 2.45) is 7.05 Å². The van der Waals surface area contributed by atoms with Crippen LogP contribution in [0.5, 0.6) is 0 Å². The molecule has 0 bridgehead atoms. The van der Waals surface area contributed by atoms with Gasteiger partial charge in [0.25, 0.3) is 5.91 Å². The Morgan fingerprint density at radius 2 is 1.79 bits per heavy atom. The summed E-state index contributed by atoms with van der Waals surface area (Å²) < 4.78 is 40.3. The Kier molecular flexibility index (Phi) is 6.23. The van der Waals surface area contributed by atoms with E-state index >= 15 is 0 Å². The Morgan fingerprint density at radius 3 is 2.50 bits per heavy atom. The zero-order valence-electron chi connectivity index (χ0n) is 20.1. The van der Waals surface area contributed by atoms with Gasteiger partial charge in [0, 0.05) is 48.8 Å². The molecule has 0 spiro atoms. The number of halogens is 3. The molecule has 4 aromatic rings. The second kappa shape index (κ2) is 9.54. The van der Waals surface area contributed by atoms with Crippen molar-refractivity contribution in [2.45, 2.75) is 12.6 Å². The van der Waals surface area contributed by atoms with Crippen molar-refractivity contribution >= 4 is 29.3 Å². The number of rotatable bonds is 4. The van der Waals surface area contributed by atoms with Crippen molar-refractivity contribution in [3.8, 4) is 22.5 Å². The van der Waals surface area contributed by atoms with E-state index < -0.39 is 17.8 Å². The fourth-order valence-corrected chi connectivity index (χ4v) is 4.53. The minimum Gasteiger partial charge on any atom is -0.368 e. The zero-order chi connectivity index (χ0) is 27.0. The van der Waals surface area contributed by atoms with Gasteiger partial charge in [-0.1, -0.05) is 12.1 Å². The molecule has 38 heavy (non-hydrogen) atoms. The molecule has 5 rings (SSSR count). The summed E-state index contributed by atoms with van der Waals surface area (Å²) >= 11 is 0. The lowest BCUT2D eigenvalue weighted by Gasteiger charge is -2.15. The molecule has 3 heterocycles. The molecule has 1 aliphatic heterocycles. The van der Waals surface area contributed by atoms with Gasteiger partial charge < -0.3 is 26.3 Å². The number of benzene rings is 2. The van der Waals surface area contributed by atoms with Crippen LogP contribution in [0, 0.1) is 0 Å². The van der Waals surface area contributed by atoms with Gasteiger partial charge in [0.15, 0.2) is 0 Å². The van der Waals surface area contributed by atoms with Gasteiger partial charge >= 0.3 is 12.2 Å². The predicted octanol–water partition coefficient (Wildman–Crippen LogP) is 4.68. The lowest BCUT2D eigenvalue weighted by molar-refractivity contribution is -0.137. The van der Waals surface area contributed by atoms with Crippen LogP contribution in [0.3, 0.4) is 0 Å². The highest BCUT2D eigenvalue weighted by atomic mass is 19.4. The van der Waals surface area contributed by atoms with Gasteiger partial charge in [-0.15, -0.1) is 0 Å². The SMILES string of the molecule is Cn1c2c(c(-c3cccc(NC(=O)Nc4ccc(C(F)(F)F)cc4)c3)c1-c1ccnc(N)n1)C(=O)NCC2. The standard InChI is InChI=1S/C26H22F3N7O2/c1-36-19-10-12-31-23(37)21(19)20(22(36)18-9-11-32-24(30)35-18)14-3-2-4-17(13-14)34-25(38)33-16-7-5-15(6-8-16)26(27,28)29/h2-9,11,13H,10,12H2,1H3,(H,31,37)(H2,30,32,35)(H2,33,34,38). The van der Waals surface area contributed by atoms with Crippen molar-refractivity contribution in [1.82, 2.24) is 19.9 Å². The molecular weight excluding hydrogens is 499 g/mol. The molecule has 12 heteroatoms. The highest BCUT2D eigenvalue weighted by Gasteiger charge is 2.31. The zero-order valence-corrected chi connectivity index (χ0v) is 20.1. The number of hydrogen-bond acceptors (Lipinski definition) is 5. The molecule has 0 aliphatic carbocycles. The fourth-order valence-electron chi connectivity index (χ4n) is 4.53. The first-order valence-electron chi connectivity index (χ1n) is 11.6. The number of urea groups is 1. The van der Waals surface area contributed by atoms with Gasteiger partial charge in [0.2, 0.25) is 5.95 Å². The van der Waals surface area contributed by atoms with Crippen LogP contribution in [0.25, 0.3) is 22.5 Å². The quantitative estimate of drug-likeness (QED) is 0.310. The Hall–Kier alpha value is -4.87. The van der Waals surface area contributed by atoms with Crippen LogP contribution in [0.15, 0.2) is 60.8 Å². The van der Waals surface area contributed by atoms with Crippen molar-refractivity contribution in [3.05, 3.63) is 77.6 Å². The lowest BCUT2D eigenvalue weighted by Crippen LogP contribution is -2.32. The topological polar surface area (TPSA) is 127 Å². The normalized spacial score (nSPS) is 13.0. The molecule has 0 atom stereocenters. The van der Waals surface area contributed by atoms with Crippen molar-refractivity contribution in [2.75, 3.05) is 22.9 Å². The summed E-state index contributed by atoms with van der Waals surface area (Å²) in [5, 5.41) is 8.08. The maximum absolute atomic E-state index is 13.0. The number of hydrogen-bond donors (Lipinski definition) is 4. The van der Waals surface area contributed by atoms with Gasteiger partial charge in [-0.25, -0.2) is 14.8 Å². The highest BCUT2D eigenvalue weighted by molar-refractivity contribution is 6.07. The van der Waals surface area contributed by atoms with E-state index in [4.69, 9.17) is 5.73 Å². The van der Waals surface area contributed by atoms with Crippen LogP contribution in [0.1, 0.15) is 21.6 Å². The van der Waals surface area contributed by atoms with E-state index in [1.807, 2.05) is 17.7 Å². The van der Waals surface area contributed by atoms with Crippen LogP contribution in [-0.4, -0.2) is 33.0 Å². The summed E-state index contributed by atoms with van der Waals surface area (Å²) in [6.45, 7) is 0.500. The molecular formula is C26H22F3N7O2. The van der Waals surface area contributed by atoms with Crippen molar-refractivity contribution in [3.63, 3.8) is 0 Å². The molecule has 5 N–H and O–H groups in total. The molecule has 0 saturated heterocycles. The number of aromatic nitrogens is 3. The molecule has 0 saturated carbocycles. The van der Waals surface area contributed by atoms with E-state index in [9.17, 15) is 22.8 Å². The van der Waals surface area contributed by atoms with Crippen LogP contribution >= 0.6 is 0 Å². The number of nitrogens with zero attached hydrogens (tertiary/aromatic N) is 3. The molecule has 194 valence electrons. The van der Waals surface area contributed by atoms with Gasteiger partial charge in [-0.2, -0.15) is 13.2 Å². The van der Waals surface area contributed by atoms with Crippen LogP contribution in [0.4, 0.5) is 35.3 Å². The second-order valence-electron chi connectivity index (χ2n) is 8.65. The minimum atomic E-state index is -4.47. The molecule has 1 aliphatic rings. The first-order valence-corrected chi connectivity index (χ1v) is 11.6. The summed E-state index contributed by atoms with van der Waals surface area (Å²) in [7, 11) is 1.86. The minimum absolute atomic E-state index is 0.0902. The van der Waals surface area contributed by atoms with Crippen molar-refractivity contribution < 1.29 is 22.8 Å². The first kappa shape index (κ1) is 24.8. The Bertz CT molecular complexity index is 1550. The van der Waals surface area contributed by atoms with Gasteiger partial charge in [0.05, 0.1) is 22.5 Å². The third-order valence-electron chi connectivity index (χ3n) is 6.19. The van der Waals surface area contributed by atoms with Gasteiger partial charge in [-0.3, -0.25) is 4.79 Å². The van der Waals surface area contributed by atoms with E-state index in [2.05, 4.69) is 25.9 Å². The van der Waals surface area contributed by atoms with Gasteiger partial charge in [-0.05, 0) is 48.0 Å². The van der Waals surface area contributed by atoms with E-state index in [1.54, 1.807) is 24.3 Å². The number of fused-ring (bicyclic) bond motifs is 1. The predicted molar refractivity (Wildman–Crippen MR) is 136 cm³/mol. The monoisotopic (exact) mass is 521 g/mol. The number of carbonyl (C=O) groups excluding carboxylic acids is 2. The number of nitrogen functional groups attached to an aromatic ring is 1. The average molecular weight is 522 g/mol. The third kappa shape index (κ3) is 4.75. The second-order valence-corrected chi connectivity index (χ2v) is 8.65. The van der Waals surface area contributed by atoms with E-state index in [0.717, 1.165) is 17.8 Å². The molecule has 0 fully saturated rings. The number of nitrogens with two attached hydrogens (primary N) is 1. The maximum Gasteiger partial charge on any atom is 0.416 e. The summed E-state index contributed by atoms with van der Waals surface area (Å²) in [4.78, 5) is 33.9. The molecule has 0 radical (unpaired) electrons. The molecule has 3 amide bonds. The molecule has 9 nitrogen and oxygen atoms in total. The Morgan fingerprint density at radius 1 is 1.05 bits per heavy atom. The van der Waals surface area contributed by atoms with E-state index in [-0.39, 0.29) is 17.5 Å². The molecule has 2 aromatic heterocycles. The first-order chi connectivity index (χ1) is 18.1. The summed E-state index contributed by atoms with van der Waals surface area (Å²) in [6.07, 6.45) is -2.30. The number of nitrogens with one attached hydrogen (secondary N) is 3. The van der Waals surface area contributed by atoms with Crippen LogP contribution in [-0.2, 0) is 19.6 Å². The third-order valence-corrected chi connectivity index (χ3v) is 6.19. The number of carbonyl (C=O) groups is 2. The van der Waals surface area contributed by atoms with E-state index in [0.29, 0.717) is 46.7 Å². The van der Waals surface area contributed by atoms with Crippen LogP contribution < -0.4 is 21.7 Å². The van der Waals surface area contributed by atoms with Crippen LogP contribution in [0.2, 0.25) is 0 Å². The fraction of sp³-hybridized carbons (Fsp3) is 0.154. The summed E-state index contributed by atoms with van der Waals surface area (Å²) in [5.41, 5.74) is 9.48. The highest BCUT2D eigenvalue weighted by Crippen LogP contribution is 2.40. The lowest BCUT2D eigenvalue weighted by atomic mass is 9.96.